The Hall–Kier alpha value is -0.210. The molecule has 0 radical (unpaired) electrons. The third-order valence-electron chi connectivity index (χ3n) is 3.20. The van der Waals surface area contributed by atoms with Crippen molar-refractivity contribution < 1.29 is 8.42 Å². The van der Waals surface area contributed by atoms with Crippen molar-refractivity contribution >= 4 is 10.2 Å². The lowest BCUT2D eigenvalue weighted by atomic mass is 10.3. The van der Waals surface area contributed by atoms with Gasteiger partial charge in [-0.2, -0.15) is 17.0 Å². The summed E-state index contributed by atoms with van der Waals surface area (Å²) in [5.74, 6) is 0. The lowest BCUT2D eigenvalue weighted by molar-refractivity contribution is 0.177. The maximum absolute atomic E-state index is 11.9. The highest BCUT2D eigenvalue weighted by Crippen LogP contribution is 2.09. The van der Waals surface area contributed by atoms with Crippen LogP contribution in [0.25, 0.3) is 0 Å². The Kier molecular flexibility index (Phi) is 6.00. The topological polar surface area (TPSA) is 47.1 Å². The van der Waals surface area contributed by atoms with Crippen molar-refractivity contribution in [3.05, 3.63) is 0 Å². The van der Waals surface area contributed by atoms with Crippen LogP contribution in [0.4, 0.5) is 0 Å². The predicted octanol–water partition coefficient (Wildman–Crippen LogP) is -0.638. The van der Waals surface area contributed by atoms with E-state index in [4.69, 9.17) is 0 Å². The first-order chi connectivity index (χ1) is 8.34. The van der Waals surface area contributed by atoms with E-state index in [-0.39, 0.29) is 0 Å². The van der Waals surface area contributed by atoms with Crippen LogP contribution < -0.4 is 0 Å². The second-order valence-corrected chi connectivity index (χ2v) is 7.33. The summed E-state index contributed by atoms with van der Waals surface area (Å²) in [5.41, 5.74) is 0. The first-order valence-electron chi connectivity index (χ1n) is 6.38. The van der Waals surface area contributed by atoms with Crippen LogP contribution in [0.3, 0.4) is 0 Å². The highest BCUT2D eigenvalue weighted by molar-refractivity contribution is 7.86. The summed E-state index contributed by atoms with van der Waals surface area (Å²) in [4.78, 5) is 4.51. The van der Waals surface area contributed by atoms with Gasteiger partial charge in [0.15, 0.2) is 0 Å². The summed E-state index contributed by atoms with van der Waals surface area (Å²) in [5, 5.41) is 0. The van der Waals surface area contributed by atoms with Crippen molar-refractivity contribution in [2.24, 2.45) is 0 Å². The molecule has 0 saturated carbocycles. The summed E-state index contributed by atoms with van der Waals surface area (Å²) in [6.45, 7) is 5.00. The molecule has 108 valence electrons. The van der Waals surface area contributed by atoms with E-state index in [1.54, 1.807) is 18.4 Å². The van der Waals surface area contributed by atoms with Gasteiger partial charge >= 0.3 is 0 Å². The predicted molar refractivity (Wildman–Crippen MR) is 73.8 cm³/mol. The summed E-state index contributed by atoms with van der Waals surface area (Å²) in [7, 11) is 4.08. The Morgan fingerprint density at radius 3 is 2.00 bits per heavy atom. The SMILES string of the molecule is CN(C)CCCN1CCN(S(=O)(=O)N(C)C)CC1. The lowest BCUT2D eigenvalue weighted by Crippen LogP contribution is -2.51. The van der Waals surface area contributed by atoms with E-state index < -0.39 is 10.2 Å². The molecule has 1 heterocycles. The smallest absolute Gasteiger partial charge is 0.281 e. The fourth-order valence-electron chi connectivity index (χ4n) is 2.03. The van der Waals surface area contributed by atoms with E-state index in [2.05, 4.69) is 23.9 Å². The van der Waals surface area contributed by atoms with Crippen molar-refractivity contribution in [2.75, 3.05) is 67.5 Å². The maximum atomic E-state index is 11.9. The molecular formula is C11H26N4O2S. The largest absolute Gasteiger partial charge is 0.309 e. The Balaban J connectivity index is 2.33. The zero-order chi connectivity index (χ0) is 13.8. The highest BCUT2D eigenvalue weighted by atomic mass is 32.2. The van der Waals surface area contributed by atoms with E-state index in [0.717, 1.165) is 32.6 Å². The van der Waals surface area contributed by atoms with Gasteiger partial charge in [0.25, 0.3) is 10.2 Å². The number of rotatable bonds is 6. The van der Waals surface area contributed by atoms with Gasteiger partial charge < -0.3 is 9.80 Å². The Morgan fingerprint density at radius 1 is 1.00 bits per heavy atom. The van der Waals surface area contributed by atoms with Gasteiger partial charge in [-0.1, -0.05) is 0 Å². The van der Waals surface area contributed by atoms with Gasteiger partial charge in [-0.15, -0.1) is 0 Å². The molecule has 1 aliphatic rings. The second kappa shape index (κ2) is 6.81. The molecule has 0 unspecified atom stereocenters. The number of nitrogens with zero attached hydrogens (tertiary/aromatic N) is 4. The van der Waals surface area contributed by atoms with Gasteiger partial charge in [0.1, 0.15) is 0 Å². The molecule has 1 aliphatic heterocycles. The standard InChI is InChI=1S/C11H26N4O2S/c1-12(2)6-5-7-14-8-10-15(11-9-14)18(16,17)13(3)4/h5-11H2,1-4H3. The molecule has 0 aromatic carbocycles. The molecule has 1 rings (SSSR count). The molecule has 1 saturated heterocycles. The van der Waals surface area contributed by atoms with Crippen LogP contribution in [-0.2, 0) is 10.2 Å². The fraction of sp³-hybridized carbons (Fsp3) is 1.00. The Labute approximate surface area is 111 Å². The van der Waals surface area contributed by atoms with Crippen molar-refractivity contribution in [1.29, 1.82) is 0 Å². The average molecular weight is 278 g/mol. The zero-order valence-electron chi connectivity index (χ0n) is 12.0. The van der Waals surface area contributed by atoms with Gasteiger partial charge in [0.05, 0.1) is 0 Å². The van der Waals surface area contributed by atoms with Crippen LogP contribution in [0.1, 0.15) is 6.42 Å². The van der Waals surface area contributed by atoms with Gasteiger partial charge in [-0.05, 0) is 33.6 Å². The molecule has 0 spiro atoms. The molecule has 0 bridgehead atoms. The normalized spacial score (nSPS) is 19.9. The van der Waals surface area contributed by atoms with Crippen LogP contribution in [0, 0.1) is 0 Å². The van der Waals surface area contributed by atoms with Crippen LogP contribution in [0.5, 0.6) is 0 Å². The molecule has 18 heavy (non-hydrogen) atoms. The van der Waals surface area contributed by atoms with Crippen LogP contribution >= 0.6 is 0 Å². The summed E-state index contributed by atoms with van der Waals surface area (Å²) in [6.07, 6.45) is 1.13. The van der Waals surface area contributed by atoms with Gasteiger partial charge in [0.2, 0.25) is 0 Å². The minimum Gasteiger partial charge on any atom is -0.309 e. The molecule has 0 aliphatic carbocycles. The van der Waals surface area contributed by atoms with E-state index >= 15 is 0 Å². The zero-order valence-corrected chi connectivity index (χ0v) is 12.8. The number of hydrogen-bond donors (Lipinski definition) is 0. The number of hydrogen-bond acceptors (Lipinski definition) is 4. The highest BCUT2D eigenvalue weighted by Gasteiger charge is 2.28. The van der Waals surface area contributed by atoms with E-state index in [0.29, 0.717) is 13.1 Å². The second-order valence-electron chi connectivity index (χ2n) is 5.19. The molecule has 0 aromatic rings. The van der Waals surface area contributed by atoms with Crippen LogP contribution in [-0.4, -0.2) is 94.3 Å². The van der Waals surface area contributed by atoms with E-state index in [1.165, 1.54) is 4.31 Å². The van der Waals surface area contributed by atoms with Crippen LogP contribution in [0.2, 0.25) is 0 Å². The Morgan fingerprint density at radius 2 is 1.56 bits per heavy atom. The van der Waals surface area contributed by atoms with E-state index in [9.17, 15) is 8.42 Å². The Bertz CT molecular complexity index is 335. The third-order valence-corrected chi connectivity index (χ3v) is 5.14. The minimum atomic E-state index is -3.23. The summed E-state index contributed by atoms with van der Waals surface area (Å²) in [6, 6.07) is 0. The maximum Gasteiger partial charge on any atom is 0.281 e. The van der Waals surface area contributed by atoms with E-state index in [1.807, 2.05) is 0 Å². The van der Waals surface area contributed by atoms with Crippen molar-refractivity contribution in [3.63, 3.8) is 0 Å². The van der Waals surface area contributed by atoms with Crippen molar-refractivity contribution in [2.45, 2.75) is 6.42 Å². The first-order valence-corrected chi connectivity index (χ1v) is 7.78. The molecule has 0 aromatic heterocycles. The van der Waals surface area contributed by atoms with Crippen LogP contribution in [0.15, 0.2) is 0 Å². The molecule has 1 fully saturated rings. The summed E-state index contributed by atoms with van der Waals surface area (Å²) >= 11 is 0. The lowest BCUT2D eigenvalue weighted by Gasteiger charge is -2.35. The minimum absolute atomic E-state index is 0.600. The van der Waals surface area contributed by atoms with Crippen molar-refractivity contribution in [1.82, 2.24) is 18.4 Å². The van der Waals surface area contributed by atoms with Gasteiger partial charge in [-0.25, -0.2) is 0 Å². The summed E-state index contributed by atoms with van der Waals surface area (Å²) < 4.78 is 26.7. The molecule has 7 heteroatoms. The third kappa shape index (κ3) is 4.47. The molecule has 0 atom stereocenters. The van der Waals surface area contributed by atoms with Gasteiger partial charge in [-0.3, -0.25) is 0 Å². The first kappa shape index (κ1) is 15.8. The average Bonchev–Trinajstić information content (AvgIpc) is 2.29. The van der Waals surface area contributed by atoms with Gasteiger partial charge in [0, 0.05) is 40.3 Å². The quantitative estimate of drug-likeness (QED) is 0.648. The molecular weight excluding hydrogens is 252 g/mol. The van der Waals surface area contributed by atoms with Crippen molar-refractivity contribution in [3.8, 4) is 0 Å². The molecule has 0 amide bonds. The fourth-order valence-corrected chi connectivity index (χ4v) is 3.11. The molecule has 0 N–H and O–H groups in total. The molecule has 6 nitrogen and oxygen atoms in total. The monoisotopic (exact) mass is 278 g/mol. The number of piperazine rings is 1.